The van der Waals surface area contributed by atoms with Crippen LogP contribution >= 0.6 is 34.4 Å². The van der Waals surface area contributed by atoms with E-state index in [4.69, 9.17) is 18.0 Å². The van der Waals surface area contributed by atoms with Gasteiger partial charge < -0.3 is 33.3 Å². The first-order chi connectivity index (χ1) is 69.4. The molecule has 18 aromatic rings. The largest absolute Gasteiger partial charge is 0.493 e. The zero-order valence-electron chi connectivity index (χ0n) is 94.8. The number of aryl methyl sites for hydroxylation is 2. The number of rotatable bonds is 0. The van der Waals surface area contributed by atoms with E-state index in [-0.39, 0.29) is 19.8 Å². The highest BCUT2D eigenvalue weighted by atomic mass is 32.2. The Morgan fingerprint density at radius 1 is 0.331 bits per heavy atom. The van der Waals surface area contributed by atoms with Gasteiger partial charge in [-0.1, -0.05) is 437 Å². The van der Waals surface area contributed by atoms with Crippen LogP contribution in [0.2, 0.25) is 0 Å². The number of ketones is 1. The fraction of sp³-hybridized carbons (Fsp3) is 0.415. The van der Waals surface area contributed by atoms with Gasteiger partial charge in [0.2, 0.25) is 0 Å². The van der Waals surface area contributed by atoms with Crippen molar-refractivity contribution in [2.45, 2.75) is 280 Å². The molecule has 15 nitrogen and oxygen atoms in total. The molecule has 0 amide bonds. The number of hydrogen-bond donors (Lipinski definition) is 4. The Bertz CT molecular complexity index is 5330. The molecule has 810 valence electrons. The SMILES string of the molecule is C.C.CC(C)C.CC(C)C.CC(C)C.CC(C)C.CC(C)C.CC(C)C.CC(C)C.CC(C)C.CC(C)C.CC(C)C.CC(C)C.O=C1CCc2ccccc21.O=c1[nH]c2ccccc2o1.O=c1oc2ccccc2s1.c1ccc2[nH]ccc2c1.c1ccc2[nH]cnc2c1.c1ccc2c(c1)CCN2.c1ccc2c(c1)CCO2.c1ccc2c(c1)CCS2.c1ccc2nonc2c1.c1ccc2occc2c1.c1ccc2sccc2c1. The highest BCUT2D eigenvalue weighted by molar-refractivity contribution is 7.99. The fourth-order valence-corrected chi connectivity index (χ4v) is 13.5. The van der Waals surface area contributed by atoms with E-state index in [1.165, 1.54) is 72.4 Å². The predicted molar refractivity (Wildman–Crippen MR) is 655 cm³/mol. The van der Waals surface area contributed by atoms with Gasteiger partial charge in [-0.2, -0.15) is 0 Å². The second-order valence-electron chi connectivity index (χ2n) is 41.9. The number of thioether (sulfide) groups is 1. The number of benzene rings is 11. The van der Waals surface area contributed by atoms with Crippen molar-refractivity contribution in [2.75, 3.05) is 24.2 Å². The molecular weight excluding hydrogens is 1880 g/mol. The summed E-state index contributed by atoms with van der Waals surface area (Å²) in [4.78, 5) is 46.2. The Hall–Kier alpha value is -12.1. The topological polar surface area (TPSA) is 211 Å². The van der Waals surface area contributed by atoms with Gasteiger partial charge in [-0.3, -0.25) is 9.78 Å². The molecule has 22 rings (SSSR count). The van der Waals surface area contributed by atoms with E-state index >= 15 is 0 Å². The fourth-order valence-electron chi connectivity index (χ4n) is 11.0. The molecule has 0 unspecified atom stereocenters. The van der Waals surface area contributed by atoms with E-state index in [0.29, 0.717) is 23.4 Å². The third-order valence-corrected chi connectivity index (χ3v) is 18.9. The first-order valence-electron chi connectivity index (χ1n) is 52.2. The number of imidazole rings is 1. The number of para-hydroxylation sites is 9. The number of furan rings is 1. The quantitative estimate of drug-likeness (QED) is 0.111. The molecule has 0 spiro atoms. The lowest BCUT2D eigenvalue weighted by molar-refractivity contribution is 0.0994. The summed E-state index contributed by atoms with van der Waals surface area (Å²) < 4.78 is 26.8. The van der Waals surface area contributed by atoms with Gasteiger partial charge in [0.05, 0.1) is 40.4 Å². The molecule has 4 aliphatic rings. The maximum absolute atomic E-state index is 11.1. The molecule has 0 atom stereocenters. The van der Waals surface area contributed by atoms with Crippen LogP contribution in [0.4, 0.5) is 5.69 Å². The Morgan fingerprint density at radius 3 is 1.26 bits per heavy atom. The number of thiophene rings is 1. The number of carbonyl (C=O) groups excluding carboxylic acids is 1. The molecule has 148 heavy (non-hydrogen) atoms. The highest BCUT2D eigenvalue weighted by Crippen LogP contribution is 2.31. The number of ether oxygens (including phenoxy) is 1. The molecule has 0 saturated carbocycles. The van der Waals surface area contributed by atoms with E-state index in [2.05, 4.69) is 377 Å². The molecule has 0 bridgehead atoms. The van der Waals surface area contributed by atoms with Crippen molar-refractivity contribution in [2.24, 2.45) is 65.1 Å². The summed E-state index contributed by atoms with van der Waals surface area (Å²) in [5.74, 6) is 11.4. The minimum atomic E-state index is -0.402. The molecule has 7 aromatic heterocycles. The second kappa shape index (κ2) is 83.8. The number of oxazole rings is 1. The van der Waals surface area contributed by atoms with Crippen LogP contribution in [0.3, 0.4) is 0 Å². The van der Waals surface area contributed by atoms with E-state index in [1.54, 1.807) is 42.1 Å². The number of fused-ring (bicyclic) bond motifs is 11. The number of aromatic nitrogens is 6. The normalized spacial score (nSPS) is 11.0. The molecule has 3 aliphatic heterocycles. The maximum Gasteiger partial charge on any atom is 0.417 e. The lowest BCUT2D eigenvalue weighted by Crippen LogP contribution is -1.92. The lowest BCUT2D eigenvalue weighted by atomic mass is 10.1. The molecule has 18 heteroatoms. The molecule has 11 aromatic carbocycles. The summed E-state index contributed by atoms with van der Waals surface area (Å²) >= 11 is 4.89. The Morgan fingerprint density at radius 2 is 0.764 bits per heavy atom. The Kier molecular flexibility index (Phi) is 78.1. The first kappa shape index (κ1) is 138. The lowest BCUT2D eigenvalue weighted by Gasteiger charge is -1.94. The van der Waals surface area contributed by atoms with Crippen molar-refractivity contribution in [3.8, 4) is 5.75 Å². The van der Waals surface area contributed by atoms with E-state index in [9.17, 15) is 14.4 Å². The standard InChI is InChI=1S/C9H8O.C8H9N.C8H7N.C8H8O.C8H6O.C8H8S.C8H6S.C7H6N2.C7H5NO2.C7H4O2S.C6H4N2O.11C4H10.2CH4/c10-9-6-5-7-3-1-2-4-8(7)9;6*1-2-4-8-7(3-1)5-6-9-8;1-2-4-7-6(3-1)8-5-9-7;9-7-8-5-3-1-2-4-6(5)10-7;8-7-9-5-3-1-2-4-6(5)10-7;1-2-4-6-5(3-1)7-9-8-6;11*1-4(2)3;;/h1-4H,5-6H2;1-4,9H,5-6H2;1-6,9H;1-4H,5-6H2;1-6H;1-4H,5-6H2;1-6H;1-5H,(H,8,9);1-4H,(H,8,9);1-4H;1-4H;11*4H,1-3H3;2*1H4. The van der Waals surface area contributed by atoms with Gasteiger partial charge in [0.1, 0.15) is 27.9 Å². The van der Waals surface area contributed by atoms with Crippen LogP contribution in [0.25, 0.3) is 75.4 Å². The van der Waals surface area contributed by atoms with Crippen LogP contribution in [0.1, 0.15) is 282 Å². The number of hydrogen-bond acceptors (Lipinski definition) is 15. The van der Waals surface area contributed by atoms with Crippen molar-refractivity contribution < 1.29 is 27.4 Å². The summed E-state index contributed by atoms with van der Waals surface area (Å²) in [7, 11) is 0. The van der Waals surface area contributed by atoms with Gasteiger partial charge in [-0.25, -0.2) is 19.2 Å². The average Bonchev–Trinajstić information content (AvgIpc) is 1.37. The van der Waals surface area contributed by atoms with Crippen LogP contribution in [0.5, 0.6) is 5.75 Å². The van der Waals surface area contributed by atoms with Gasteiger partial charge >= 0.3 is 10.7 Å². The zero-order chi connectivity index (χ0) is 109. The number of Topliss-reactive ketones (excluding diaryl/α,β-unsaturated/α-hetero) is 1. The highest BCUT2D eigenvalue weighted by Gasteiger charge is 2.18. The van der Waals surface area contributed by atoms with Crippen LogP contribution < -0.4 is 20.7 Å². The van der Waals surface area contributed by atoms with Crippen molar-refractivity contribution in [3.05, 3.63) is 357 Å². The molecule has 1 aliphatic carbocycles. The van der Waals surface area contributed by atoms with Gasteiger partial charge in [0, 0.05) is 63.1 Å². The maximum atomic E-state index is 11.1. The van der Waals surface area contributed by atoms with E-state index in [0.717, 1.165) is 157 Å². The van der Waals surface area contributed by atoms with Crippen molar-refractivity contribution in [1.29, 1.82) is 0 Å². The molecule has 0 fully saturated rings. The number of anilines is 1. The minimum Gasteiger partial charge on any atom is -0.493 e. The number of carbonyl (C=O) groups is 1. The monoisotopic (exact) mass is 2070 g/mol. The summed E-state index contributed by atoms with van der Waals surface area (Å²) in [6, 6.07) is 93.9. The number of nitrogens with zero attached hydrogens (tertiary/aromatic N) is 3. The molecule has 0 saturated heterocycles. The van der Waals surface area contributed by atoms with Crippen molar-refractivity contribution >= 4 is 121 Å². The first-order valence-corrected chi connectivity index (χ1v) is 54.9. The van der Waals surface area contributed by atoms with Gasteiger partial charge in [0.25, 0.3) is 0 Å². The van der Waals surface area contributed by atoms with Crippen LogP contribution in [0, 0.1) is 65.1 Å². The number of aromatic amines is 3. The average molecular weight is 2070 g/mol. The minimum absolute atomic E-state index is 0. The number of nitrogens with one attached hydrogen (secondary N) is 4. The Labute approximate surface area is 905 Å². The molecular formula is C130H189N7O8S3. The zero-order valence-corrected chi connectivity index (χ0v) is 97.2. The van der Waals surface area contributed by atoms with Gasteiger partial charge in [-0.05, 0) is 236 Å². The van der Waals surface area contributed by atoms with Gasteiger partial charge in [0.15, 0.2) is 11.4 Å². The van der Waals surface area contributed by atoms with E-state index < -0.39 is 5.76 Å². The smallest absolute Gasteiger partial charge is 0.417 e. The third kappa shape index (κ3) is 71.5. The summed E-state index contributed by atoms with van der Waals surface area (Å²) in [5.41, 5.74) is 15.7. The van der Waals surface area contributed by atoms with Crippen LogP contribution in [-0.4, -0.2) is 54.9 Å². The predicted octanol–water partition coefficient (Wildman–Crippen LogP) is 40.2. The van der Waals surface area contributed by atoms with Crippen LogP contribution in [-0.2, 0) is 25.7 Å². The number of H-pyrrole nitrogens is 3. The van der Waals surface area contributed by atoms with Crippen molar-refractivity contribution in [1.82, 2.24) is 30.2 Å². The molecule has 10 heterocycles. The second-order valence-corrected chi connectivity index (χ2v) is 45.0. The Balaban J connectivity index is 0. The van der Waals surface area contributed by atoms with E-state index in [1.807, 2.05) is 182 Å². The van der Waals surface area contributed by atoms with Crippen LogP contribution in [0.15, 0.2) is 342 Å². The summed E-state index contributed by atoms with van der Waals surface area (Å²) in [5, 5.41) is 16.5. The third-order valence-electron chi connectivity index (χ3n) is 16.1. The summed E-state index contributed by atoms with van der Waals surface area (Å²) in [6.45, 7) is 73.5. The van der Waals surface area contributed by atoms with Crippen molar-refractivity contribution in [3.63, 3.8) is 0 Å². The molecule has 0 radical (unpaired) electrons. The summed E-state index contributed by atoms with van der Waals surface area (Å²) in [6.07, 6.45) is 10.5. The molecule has 4 N–H and O–H groups in total. The van der Waals surface area contributed by atoms with Gasteiger partial charge in [-0.15, -0.1) is 23.1 Å².